The second kappa shape index (κ2) is 5.31. The molecular weight excluding hydrogens is 184 g/mol. The van der Waals surface area contributed by atoms with E-state index in [1.807, 2.05) is 7.05 Å². The number of hydrogen-bond donors (Lipinski definition) is 1. The summed E-state index contributed by atoms with van der Waals surface area (Å²) >= 11 is 0. The van der Waals surface area contributed by atoms with Gasteiger partial charge in [-0.2, -0.15) is 0 Å². The molecule has 0 aromatic rings. The van der Waals surface area contributed by atoms with E-state index in [-0.39, 0.29) is 0 Å². The summed E-state index contributed by atoms with van der Waals surface area (Å²) in [5.41, 5.74) is 0.389. The van der Waals surface area contributed by atoms with Crippen LogP contribution in [0.2, 0.25) is 0 Å². The molecular formula is C13H28N2. The topological polar surface area (TPSA) is 15.3 Å². The third-order valence-electron chi connectivity index (χ3n) is 3.79. The first-order valence-corrected chi connectivity index (χ1v) is 6.35. The Hall–Kier alpha value is -0.0800. The zero-order valence-corrected chi connectivity index (χ0v) is 11.1. The maximum atomic E-state index is 3.30. The van der Waals surface area contributed by atoms with Gasteiger partial charge in [-0.3, -0.25) is 4.90 Å². The number of hydrogen-bond acceptors (Lipinski definition) is 2. The molecule has 0 amide bonds. The van der Waals surface area contributed by atoms with Gasteiger partial charge in [-0.25, -0.2) is 0 Å². The summed E-state index contributed by atoms with van der Waals surface area (Å²) in [6.45, 7) is 13.1. The molecule has 1 heterocycles. The second-order valence-corrected chi connectivity index (χ2v) is 6.03. The van der Waals surface area contributed by atoms with Gasteiger partial charge in [0.25, 0.3) is 0 Å². The van der Waals surface area contributed by atoms with E-state index in [0.29, 0.717) is 5.41 Å². The van der Waals surface area contributed by atoms with Crippen molar-refractivity contribution in [3.05, 3.63) is 0 Å². The van der Waals surface area contributed by atoms with E-state index < -0.39 is 0 Å². The fourth-order valence-corrected chi connectivity index (χ4v) is 2.73. The molecule has 0 aliphatic carbocycles. The Morgan fingerprint density at radius 1 is 1.33 bits per heavy atom. The Balaban J connectivity index is 2.49. The Morgan fingerprint density at radius 2 is 2.00 bits per heavy atom. The van der Waals surface area contributed by atoms with Crippen molar-refractivity contribution in [2.24, 2.45) is 11.3 Å². The summed E-state index contributed by atoms with van der Waals surface area (Å²) in [5, 5.41) is 3.30. The molecule has 2 nitrogen and oxygen atoms in total. The standard InChI is InChI=1S/C13H28N2/c1-11-7-6-8-15(12(11)2)10-13(3,4)9-14-5/h11-12,14H,6-10H2,1-5H3. The van der Waals surface area contributed by atoms with Gasteiger partial charge in [0, 0.05) is 19.1 Å². The van der Waals surface area contributed by atoms with Gasteiger partial charge in [0.05, 0.1) is 0 Å². The smallest absolute Gasteiger partial charge is 0.00928 e. The number of nitrogens with one attached hydrogen (secondary N) is 1. The van der Waals surface area contributed by atoms with Crippen molar-refractivity contribution in [3.63, 3.8) is 0 Å². The summed E-state index contributed by atoms with van der Waals surface area (Å²) in [4.78, 5) is 2.67. The Bertz CT molecular complexity index is 189. The maximum absolute atomic E-state index is 3.30. The molecule has 1 rings (SSSR count). The van der Waals surface area contributed by atoms with E-state index in [9.17, 15) is 0 Å². The Morgan fingerprint density at radius 3 is 2.60 bits per heavy atom. The molecule has 1 fully saturated rings. The molecule has 0 bridgehead atoms. The summed E-state index contributed by atoms with van der Waals surface area (Å²) in [6, 6.07) is 0.759. The van der Waals surface area contributed by atoms with Crippen LogP contribution in [0.4, 0.5) is 0 Å². The van der Waals surface area contributed by atoms with E-state index in [1.54, 1.807) is 0 Å². The van der Waals surface area contributed by atoms with Crippen molar-refractivity contribution < 1.29 is 0 Å². The van der Waals surface area contributed by atoms with Gasteiger partial charge in [0.1, 0.15) is 0 Å². The van der Waals surface area contributed by atoms with Crippen LogP contribution in [-0.4, -0.2) is 37.6 Å². The average Bonchev–Trinajstić information content (AvgIpc) is 2.12. The molecule has 0 radical (unpaired) electrons. The zero-order valence-electron chi connectivity index (χ0n) is 11.1. The average molecular weight is 212 g/mol. The van der Waals surface area contributed by atoms with Crippen LogP contribution in [0.25, 0.3) is 0 Å². The molecule has 15 heavy (non-hydrogen) atoms. The quantitative estimate of drug-likeness (QED) is 0.769. The SMILES string of the molecule is CNCC(C)(C)CN1CCCC(C)C1C. The molecule has 0 spiro atoms. The van der Waals surface area contributed by atoms with Crippen LogP contribution in [0, 0.1) is 11.3 Å². The molecule has 2 unspecified atom stereocenters. The van der Waals surface area contributed by atoms with Gasteiger partial charge in [-0.1, -0.05) is 20.8 Å². The Kier molecular flexibility index (Phi) is 4.60. The van der Waals surface area contributed by atoms with Crippen LogP contribution in [-0.2, 0) is 0 Å². The largest absolute Gasteiger partial charge is 0.319 e. The predicted molar refractivity (Wildman–Crippen MR) is 67.1 cm³/mol. The lowest BCUT2D eigenvalue weighted by Crippen LogP contribution is -2.48. The monoisotopic (exact) mass is 212 g/mol. The molecule has 0 aromatic heterocycles. The van der Waals surface area contributed by atoms with Crippen LogP contribution in [0.15, 0.2) is 0 Å². The lowest BCUT2D eigenvalue weighted by Gasteiger charge is -2.42. The molecule has 0 saturated carbocycles. The summed E-state index contributed by atoms with van der Waals surface area (Å²) in [7, 11) is 2.05. The highest BCUT2D eigenvalue weighted by Crippen LogP contribution is 2.26. The predicted octanol–water partition coefficient (Wildman–Crippen LogP) is 2.35. The molecule has 1 aliphatic heterocycles. The van der Waals surface area contributed by atoms with Crippen LogP contribution in [0.5, 0.6) is 0 Å². The summed E-state index contributed by atoms with van der Waals surface area (Å²) in [6.07, 6.45) is 2.78. The number of nitrogens with zero attached hydrogens (tertiary/aromatic N) is 1. The molecule has 1 aliphatic rings. The van der Waals surface area contributed by atoms with Gasteiger partial charge < -0.3 is 5.32 Å². The van der Waals surface area contributed by atoms with Crippen LogP contribution < -0.4 is 5.32 Å². The van der Waals surface area contributed by atoms with Gasteiger partial charge in [0.15, 0.2) is 0 Å². The Labute approximate surface area is 95.4 Å². The third kappa shape index (κ3) is 3.76. The lowest BCUT2D eigenvalue weighted by molar-refractivity contribution is 0.0726. The van der Waals surface area contributed by atoms with Crippen molar-refractivity contribution in [1.29, 1.82) is 0 Å². The van der Waals surface area contributed by atoms with Gasteiger partial charge in [0.2, 0.25) is 0 Å². The van der Waals surface area contributed by atoms with Crippen molar-refractivity contribution in [2.75, 3.05) is 26.7 Å². The van der Waals surface area contributed by atoms with E-state index in [1.165, 1.54) is 25.9 Å². The van der Waals surface area contributed by atoms with E-state index in [2.05, 4.69) is 37.9 Å². The molecule has 90 valence electrons. The van der Waals surface area contributed by atoms with E-state index >= 15 is 0 Å². The van der Waals surface area contributed by atoms with E-state index in [0.717, 1.165) is 18.5 Å². The molecule has 1 N–H and O–H groups in total. The van der Waals surface area contributed by atoms with Crippen molar-refractivity contribution in [1.82, 2.24) is 10.2 Å². The van der Waals surface area contributed by atoms with E-state index in [4.69, 9.17) is 0 Å². The molecule has 0 aromatic carbocycles. The first-order chi connectivity index (χ1) is 6.96. The highest BCUT2D eigenvalue weighted by atomic mass is 15.2. The minimum Gasteiger partial charge on any atom is -0.319 e. The highest BCUT2D eigenvalue weighted by molar-refractivity contribution is 4.83. The van der Waals surface area contributed by atoms with Crippen molar-refractivity contribution in [3.8, 4) is 0 Å². The maximum Gasteiger partial charge on any atom is 0.00928 e. The molecule has 2 atom stereocenters. The molecule has 2 heteroatoms. The number of piperidine rings is 1. The normalized spacial score (nSPS) is 29.4. The van der Waals surface area contributed by atoms with Crippen LogP contribution in [0.3, 0.4) is 0 Å². The van der Waals surface area contributed by atoms with Gasteiger partial charge in [-0.15, -0.1) is 0 Å². The summed E-state index contributed by atoms with van der Waals surface area (Å²) in [5.74, 6) is 0.865. The zero-order chi connectivity index (χ0) is 11.5. The lowest BCUT2D eigenvalue weighted by atomic mass is 9.87. The highest BCUT2D eigenvalue weighted by Gasteiger charge is 2.29. The van der Waals surface area contributed by atoms with Crippen molar-refractivity contribution >= 4 is 0 Å². The second-order valence-electron chi connectivity index (χ2n) is 6.03. The van der Waals surface area contributed by atoms with Gasteiger partial charge >= 0.3 is 0 Å². The van der Waals surface area contributed by atoms with Gasteiger partial charge in [-0.05, 0) is 44.7 Å². The van der Waals surface area contributed by atoms with Crippen LogP contribution in [0.1, 0.15) is 40.5 Å². The molecule has 1 saturated heterocycles. The van der Waals surface area contributed by atoms with Crippen molar-refractivity contribution in [2.45, 2.75) is 46.6 Å². The minimum absolute atomic E-state index is 0.389. The van der Waals surface area contributed by atoms with Crippen LogP contribution >= 0.6 is 0 Å². The summed E-state index contributed by atoms with van der Waals surface area (Å²) < 4.78 is 0. The fourth-order valence-electron chi connectivity index (χ4n) is 2.73. The first-order valence-electron chi connectivity index (χ1n) is 6.35. The number of rotatable bonds is 4. The minimum atomic E-state index is 0.389. The first kappa shape index (κ1) is 13.0. The third-order valence-corrected chi connectivity index (χ3v) is 3.79. The fraction of sp³-hybridized carbons (Fsp3) is 1.00. The number of likely N-dealkylation sites (tertiary alicyclic amines) is 1.